The Kier molecular flexibility index (Phi) is 4.59. The molecule has 9 rings (SSSR count). The number of anilines is 3. The molecular formula is C38H28N2. The standard InChI is InChI=1S/C38H28N2/c1-2-11-28(12-3-1)40-35-16-7-6-14-31(35)33-22-27(18-20-36(33)40)39-26-17-19-30-32-15-8-10-25-21-24-9-4-5-13-29(24)38(37(25)32)34(30)23-26/h1-16,18-23,26,31,35,39H,17H2. The molecule has 1 heterocycles. The largest absolute Gasteiger partial charge is 0.378 e. The van der Waals surface area contributed by atoms with Gasteiger partial charge in [0.15, 0.2) is 0 Å². The third-order valence-corrected chi connectivity index (χ3v) is 9.12. The van der Waals surface area contributed by atoms with E-state index in [1.54, 1.807) is 0 Å². The highest BCUT2D eigenvalue weighted by atomic mass is 15.2. The molecule has 0 amide bonds. The molecule has 0 saturated heterocycles. The molecule has 2 heteroatoms. The predicted octanol–water partition coefficient (Wildman–Crippen LogP) is 9.39. The fourth-order valence-electron chi connectivity index (χ4n) is 7.45. The first kappa shape index (κ1) is 22.0. The Balaban J connectivity index is 1.10. The Morgan fingerprint density at radius 1 is 0.725 bits per heavy atom. The summed E-state index contributed by atoms with van der Waals surface area (Å²) in [6.45, 7) is 0. The second-order valence-electron chi connectivity index (χ2n) is 11.3. The van der Waals surface area contributed by atoms with Gasteiger partial charge in [-0.3, -0.25) is 0 Å². The minimum atomic E-state index is 0.240. The third kappa shape index (κ3) is 3.11. The average Bonchev–Trinajstić information content (AvgIpc) is 3.51. The zero-order valence-corrected chi connectivity index (χ0v) is 22.1. The van der Waals surface area contributed by atoms with Crippen molar-refractivity contribution >= 4 is 49.8 Å². The van der Waals surface area contributed by atoms with E-state index in [9.17, 15) is 0 Å². The van der Waals surface area contributed by atoms with Crippen molar-refractivity contribution in [3.05, 3.63) is 150 Å². The van der Waals surface area contributed by atoms with Crippen LogP contribution in [0, 0.1) is 0 Å². The van der Waals surface area contributed by atoms with E-state index in [-0.39, 0.29) is 6.04 Å². The Bertz CT molecular complexity index is 1970. The molecule has 0 saturated carbocycles. The van der Waals surface area contributed by atoms with Gasteiger partial charge < -0.3 is 10.2 Å². The van der Waals surface area contributed by atoms with Gasteiger partial charge in [0.2, 0.25) is 0 Å². The van der Waals surface area contributed by atoms with Gasteiger partial charge in [-0.25, -0.2) is 0 Å². The van der Waals surface area contributed by atoms with E-state index in [4.69, 9.17) is 0 Å². The maximum absolute atomic E-state index is 3.90. The molecule has 1 aliphatic heterocycles. The van der Waals surface area contributed by atoms with Gasteiger partial charge >= 0.3 is 0 Å². The molecule has 1 N–H and O–H groups in total. The first-order valence-electron chi connectivity index (χ1n) is 14.3. The molecule has 0 radical (unpaired) electrons. The first-order chi connectivity index (χ1) is 19.8. The molecule has 5 aromatic rings. The summed E-state index contributed by atoms with van der Waals surface area (Å²) in [4.78, 5) is 2.49. The van der Waals surface area contributed by atoms with Crippen LogP contribution in [-0.2, 0) is 0 Å². The molecule has 3 atom stereocenters. The number of allylic oxidation sites excluding steroid dienone is 4. The maximum Gasteiger partial charge on any atom is 0.0629 e. The highest BCUT2D eigenvalue weighted by Crippen LogP contribution is 2.51. The number of hydrogen-bond acceptors (Lipinski definition) is 2. The lowest BCUT2D eigenvalue weighted by Gasteiger charge is -2.28. The van der Waals surface area contributed by atoms with Crippen molar-refractivity contribution in [1.82, 2.24) is 0 Å². The first-order valence-corrected chi connectivity index (χ1v) is 14.3. The zero-order chi connectivity index (χ0) is 26.2. The monoisotopic (exact) mass is 512 g/mol. The summed E-state index contributed by atoms with van der Waals surface area (Å²) in [5, 5.41) is 9.29. The number of fused-ring (bicyclic) bond motifs is 8. The van der Waals surface area contributed by atoms with Crippen molar-refractivity contribution in [2.24, 2.45) is 0 Å². The van der Waals surface area contributed by atoms with E-state index in [0.717, 1.165) is 6.42 Å². The summed E-state index contributed by atoms with van der Waals surface area (Å²) in [5.41, 5.74) is 10.7. The Hall–Kier alpha value is -4.82. The van der Waals surface area contributed by atoms with Gasteiger partial charge in [-0.2, -0.15) is 0 Å². The number of hydrogen-bond donors (Lipinski definition) is 1. The molecular weight excluding hydrogens is 484 g/mol. The SMILES string of the molecule is C1=CC2c3cc(NC4C=C5C(=CC4)c4cccc6cc7ccccc7c5c46)ccc3N(c3ccccc3)C2C=C1. The van der Waals surface area contributed by atoms with Gasteiger partial charge in [0.1, 0.15) is 0 Å². The van der Waals surface area contributed by atoms with Gasteiger partial charge in [0, 0.05) is 29.0 Å². The number of rotatable bonds is 3. The van der Waals surface area contributed by atoms with E-state index < -0.39 is 0 Å². The Morgan fingerprint density at radius 3 is 2.52 bits per heavy atom. The lowest BCUT2D eigenvalue weighted by molar-refractivity contribution is 0.744. The van der Waals surface area contributed by atoms with Gasteiger partial charge in [0.05, 0.1) is 6.04 Å². The smallest absolute Gasteiger partial charge is 0.0629 e. The van der Waals surface area contributed by atoms with E-state index in [1.807, 2.05) is 0 Å². The van der Waals surface area contributed by atoms with Crippen molar-refractivity contribution in [2.75, 3.05) is 10.2 Å². The van der Waals surface area contributed by atoms with Gasteiger partial charge in [0.25, 0.3) is 0 Å². The fourth-order valence-corrected chi connectivity index (χ4v) is 7.45. The normalized spacial score (nSPS) is 21.7. The van der Waals surface area contributed by atoms with Gasteiger partial charge in [-0.1, -0.05) is 97.1 Å². The third-order valence-electron chi connectivity index (χ3n) is 9.12. The van der Waals surface area contributed by atoms with E-state index in [2.05, 4.69) is 144 Å². The van der Waals surface area contributed by atoms with Crippen molar-refractivity contribution in [3.63, 3.8) is 0 Å². The fraction of sp³-hybridized carbons (Fsp3) is 0.105. The second kappa shape index (κ2) is 8.34. The lowest BCUT2D eigenvalue weighted by atomic mass is 9.90. The summed E-state index contributed by atoms with van der Waals surface area (Å²) in [6, 6.07) is 36.2. The maximum atomic E-state index is 3.90. The molecule has 2 nitrogen and oxygen atoms in total. The van der Waals surface area contributed by atoms with Crippen molar-refractivity contribution < 1.29 is 0 Å². The lowest BCUT2D eigenvalue weighted by Crippen LogP contribution is -2.28. The van der Waals surface area contributed by atoms with Crippen LogP contribution >= 0.6 is 0 Å². The van der Waals surface area contributed by atoms with Crippen molar-refractivity contribution in [2.45, 2.75) is 24.4 Å². The van der Waals surface area contributed by atoms with Gasteiger partial charge in [-0.05, 0) is 92.2 Å². The number of nitrogens with one attached hydrogen (secondary N) is 1. The quantitative estimate of drug-likeness (QED) is 0.242. The molecule has 4 aliphatic rings. The van der Waals surface area contributed by atoms with Crippen LogP contribution in [-0.4, -0.2) is 12.1 Å². The van der Waals surface area contributed by atoms with Crippen LogP contribution in [0.25, 0.3) is 32.7 Å². The van der Waals surface area contributed by atoms with Crippen molar-refractivity contribution in [3.8, 4) is 0 Å². The van der Waals surface area contributed by atoms with Crippen LogP contribution in [0.4, 0.5) is 17.1 Å². The van der Waals surface area contributed by atoms with Crippen LogP contribution in [0.2, 0.25) is 0 Å². The average molecular weight is 513 g/mol. The molecule has 0 aromatic heterocycles. The van der Waals surface area contributed by atoms with Gasteiger partial charge in [-0.15, -0.1) is 0 Å². The van der Waals surface area contributed by atoms with Crippen LogP contribution in [0.1, 0.15) is 29.0 Å². The summed E-state index contributed by atoms with van der Waals surface area (Å²) in [7, 11) is 0. The molecule has 3 unspecified atom stereocenters. The summed E-state index contributed by atoms with van der Waals surface area (Å²) in [5.74, 6) is 0.353. The van der Waals surface area contributed by atoms with Crippen LogP contribution < -0.4 is 10.2 Å². The summed E-state index contributed by atoms with van der Waals surface area (Å²) >= 11 is 0. The topological polar surface area (TPSA) is 15.3 Å². The Morgan fingerprint density at radius 2 is 1.57 bits per heavy atom. The number of benzene rings is 5. The highest BCUT2D eigenvalue weighted by molar-refractivity contribution is 6.28. The molecule has 5 aromatic carbocycles. The summed E-state index contributed by atoms with van der Waals surface area (Å²) < 4.78 is 0. The summed E-state index contributed by atoms with van der Waals surface area (Å²) in [6.07, 6.45) is 15.0. The number of nitrogens with zero attached hydrogens (tertiary/aromatic N) is 1. The van der Waals surface area contributed by atoms with Crippen LogP contribution in [0.5, 0.6) is 0 Å². The van der Waals surface area contributed by atoms with Crippen LogP contribution in [0.15, 0.2) is 134 Å². The molecule has 0 spiro atoms. The molecule has 3 aliphatic carbocycles. The minimum absolute atomic E-state index is 0.240. The van der Waals surface area contributed by atoms with Crippen LogP contribution in [0.3, 0.4) is 0 Å². The Labute approximate surface area is 234 Å². The van der Waals surface area contributed by atoms with Crippen molar-refractivity contribution in [1.29, 1.82) is 0 Å². The minimum Gasteiger partial charge on any atom is -0.378 e. The molecule has 190 valence electrons. The molecule has 0 bridgehead atoms. The molecule has 40 heavy (non-hydrogen) atoms. The second-order valence-corrected chi connectivity index (χ2v) is 11.3. The van der Waals surface area contributed by atoms with E-state index in [0.29, 0.717) is 12.0 Å². The van der Waals surface area contributed by atoms with E-state index >= 15 is 0 Å². The highest BCUT2D eigenvalue weighted by Gasteiger charge is 2.37. The molecule has 0 fully saturated rings. The number of para-hydroxylation sites is 1. The zero-order valence-electron chi connectivity index (χ0n) is 22.1. The van der Waals surface area contributed by atoms with E-state index in [1.165, 1.54) is 66.4 Å². The predicted molar refractivity (Wildman–Crippen MR) is 169 cm³/mol.